The van der Waals surface area contributed by atoms with Crippen LogP contribution in [0.5, 0.6) is 11.5 Å². The lowest BCUT2D eigenvalue weighted by atomic mass is 9.97. The van der Waals surface area contributed by atoms with Gasteiger partial charge in [-0.1, -0.05) is 23.7 Å². The molecule has 0 aliphatic rings. The molecular formula is C14H13BO3. The lowest BCUT2D eigenvalue weighted by Crippen LogP contribution is -2.01. The molecule has 90 valence electrons. The Morgan fingerprint density at radius 3 is 2.44 bits per heavy atom. The third kappa shape index (κ3) is 2.91. The van der Waals surface area contributed by atoms with Crippen molar-refractivity contribution < 1.29 is 14.3 Å². The molecule has 0 aliphatic heterocycles. The minimum atomic E-state index is -0.371. The highest BCUT2D eigenvalue weighted by Crippen LogP contribution is 2.21. The molecule has 0 unspecified atom stereocenters. The van der Waals surface area contributed by atoms with Crippen LogP contribution in [0.15, 0.2) is 48.5 Å². The summed E-state index contributed by atoms with van der Waals surface area (Å²) >= 11 is 0. The van der Waals surface area contributed by atoms with Gasteiger partial charge in [0.25, 0.3) is 0 Å². The molecule has 18 heavy (non-hydrogen) atoms. The fourth-order valence-electron chi connectivity index (χ4n) is 1.55. The molecule has 0 aliphatic carbocycles. The molecule has 0 atom stereocenters. The predicted molar refractivity (Wildman–Crippen MR) is 72.5 cm³/mol. The number of benzene rings is 2. The Morgan fingerprint density at radius 1 is 1.06 bits per heavy atom. The van der Waals surface area contributed by atoms with Crippen molar-refractivity contribution in [1.29, 1.82) is 0 Å². The average Bonchev–Trinajstić information content (AvgIpc) is 2.41. The SMILES string of the molecule is Bc1ccc(Oc2cccc(C(=O)OC)c2)cc1. The van der Waals surface area contributed by atoms with Crippen LogP contribution >= 0.6 is 0 Å². The second kappa shape index (κ2) is 5.40. The number of carbonyl (C=O) groups is 1. The van der Waals surface area contributed by atoms with Crippen LogP contribution in [-0.4, -0.2) is 20.9 Å². The molecule has 0 saturated heterocycles. The van der Waals surface area contributed by atoms with E-state index >= 15 is 0 Å². The Kier molecular flexibility index (Phi) is 3.67. The largest absolute Gasteiger partial charge is 0.465 e. The molecule has 0 bridgehead atoms. The Morgan fingerprint density at radius 2 is 1.78 bits per heavy atom. The smallest absolute Gasteiger partial charge is 0.337 e. The highest BCUT2D eigenvalue weighted by molar-refractivity contribution is 6.32. The van der Waals surface area contributed by atoms with Gasteiger partial charge in [-0.25, -0.2) is 4.79 Å². The number of carbonyl (C=O) groups excluding carboxylic acids is 1. The second-order valence-corrected chi connectivity index (χ2v) is 3.93. The van der Waals surface area contributed by atoms with Crippen LogP contribution in [0.1, 0.15) is 10.4 Å². The van der Waals surface area contributed by atoms with Gasteiger partial charge in [-0.2, -0.15) is 0 Å². The topological polar surface area (TPSA) is 35.5 Å². The summed E-state index contributed by atoms with van der Waals surface area (Å²) in [4.78, 5) is 11.4. The van der Waals surface area contributed by atoms with Gasteiger partial charge in [0.05, 0.1) is 12.7 Å². The number of ether oxygens (including phenoxy) is 2. The number of hydrogen-bond acceptors (Lipinski definition) is 3. The van der Waals surface area contributed by atoms with Crippen molar-refractivity contribution in [3.05, 3.63) is 54.1 Å². The molecule has 0 N–H and O–H groups in total. The maximum absolute atomic E-state index is 11.4. The van der Waals surface area contributed by atoms with E-state index in [2.05, 4.69) is 4.74 Å². The summed E-state index contributed by atoms with van der Waals surface area (Å²) in [6.45, 7) is 0. The molecule has 3 nitrogen and oxygen atoms in total. The molecule has 2 aromatic carbocycles. The molecule has 0 fully saturated rings. The quantitative estimate of drug-likeness (QED) is 0.602. The molecule has 0 heterocycles. The molecule has 0 spiro atoms. The first kappa shape index (κ1) is 12.2. The van der Waals surface area contributed by atoms with Crippen LogP contribution in [0.3, 0.4) is 0 Å². The minimum absolute atomic E-state index is 0.371. The lowest BCUT2D eigenvalue weighted by molar-refractivity contribution is 0.0600. The summed E-state index contributed by atoms with van der Waals surface area (Å²) in [5, 5.41) is 0. The van der Waals surface area contributed by atoms with Crippen molar-refractivity contribution in [2.45, 2.75) is 0 Å². The summed E-state index contributed by atoms with van der Waals surface area (Å²) in [6.07, 6.45) is 0. The zero-order chi connectivity index (χ0) is 13.0. The van der Waals surface area contributed by atoms with E-state index in [1.54, 1.807) is 24.3 Å². The summed E-state index contributed by atoms with van der Waals surface area (Å²) in [5.41, 5.74) is 1.65. The van der Waals surface area contributed by atoms with E-state index in [0.29, 0.717) is 11.3 Å². The van der Waals surface area contributed by atoms with Crippen LogP contribution in [0.4, 0.5) is 0 Å². The van der Waals surface area contributed by atoms with Crippen LogP contribution in [0, 0.1) is 0 Å². The van der Waals surface area contributed by atoms with E-state index in [4.69, 9.17) is 4.74 Å². The van der Waals surface area contributed by atoms with E-state index in [-0.39, 0.29) is 5.97 Å². The van der Waals surface area contributed by atoms with E-state index < -0.39 is 0 Å². The fraction of sp³-hybridized carbons (Fsp3) is 0.0714. The van der Waals surface area contributed by atoms with Crippen LogP contribution < -0.4 is 10.2 Å². The zero-order valence-electron chi connectivity index (χ0n) is 10.3. The number of hydrogen-bond donors (Lipinski definition) is 0. The van der Waals surface area contributed by atoms with Crippen molar-refractivity contribution in [2.75, 3.05) is 7.11 Å². The molecule has 4 heteroatoms. The van der Waals surface area contributed by atoms with Crippen LogP contribution in [-0.2, 0) is 4.74 Å². The number of esters is 1. The maximum Gasteiger partial charge on any atom is 0.337 e. The summed E-state index contributed by atoms with van der Waals surface area (Å²) in [5.74, 6) is 0.980. The van der Waals surface area contributed by atoms with Gasteiger partial charge < -0.3 is 9.47 Å². The average molecular weight is 240 g/mol. The number of rotatable bonds is 3. The third-order valence-corrected chi connectivity index (χ3v) is 2.51. The molecule has 2 rings (SSSR count). The first-order chi connectivity index (χ1) is 8.69. The third-order valence-electron chi connectivity index (χ3n) is 2.51. The highest BCUT2D eigenvalue weighted by Gasteiger charge is 2.06. The van der Waals surface area contributed by atoms with Crippen molar-refractivity contribution in [2.24, 2.45) is 0 Å². The van der Waals surface area contributed by atoms with Gasteiger partial charge in [0.15, 0.2) is 0 Å². The van der Waals surface area contributed by atoms with Gasteiger partial charge in [0.2, 0.25) is 0 Å². The maximum atomic E-state index is 11.4. The first-order valence-electron chi connectivity index (χ1n) is 5.62. The van der Waals surface area contributed by atoms with Crippen molar-refractivity contribution in [3.8, 4) is 11.5 Å². The predicted octanol–water partition coefficient (Wildman–Crippen LogP) is 1.52. The second-order valence-electron chi connectivity index (χ2n) is 3.93. The van der Waals surface area contributed by atoms with Crippen LogP contribution in [0.25, 0.3) is 0 Å². The lowest BCUT2D eigenvalue weighted by Gasteiger charge is -2.07. The number of methoxy groups -OCH3 is 1. The van der Waals surface area contributed by atoms with Gasteiger partial charge in [-0.3, -0.25) is 0 Å². The molecule has 0 saturated carbocycles. The van der Waals surface area contributed by atoms with Gasteiger partial charge >= 0.3 is 5.97 Å². The van der Waals surface area contributed by atoms with Gasteiger partial charge in [-0.05, 0) is 30.3 Å². The fourth-order valence-corrected chi connectivity index (χ4v) is 1.55. The van der Waals surface area contributed by atoms with Crippen molar-refractivity contribution in [1.82, 2.24) is 0 Å². The van der Waals surface area contributed by atoms with Crippen molar-refractivity contribution >= 4 is 19.3 Å². The Labute approximate surface area is 107 Å². The Bertz CT molecular complexity index is 549. The van der Waals surface area contributed by atoms with Crippen molar-refractivity contribution in [3.63, 3.8) is 0 Å². The van der Waals surface area contributed by atoms with Crippen LogP contribution in [0.2, 0.25) is 0 Å². The molecule has 2 aromatic rings. The molecule has 0 radical (unpaired) electrons. The standard InChI is InChI=1S/C14H13BO3/c1-17-14(16)10-3-2-4-13(9-10)18-12-7-5-11(15)6-8-12/h2-9H,15H2,1H3. The Balaban J connectivity index is 2.19. The first-order valence-corrected chi connectivity index (χ1v) is 5.62. The van der Waals surface area contributed by atoms with E-state index in [1.165, 1.54) is 12.6 Å². The van der Waals surface area contributed by atoms with E-state index in [9.17, 15) is 4.79 Å². The molecule has 0 amide bonds. The molecule has 0 aromatic heterocycles. The monoisotopic (exact) mass is 240 g/mol. The van der Waals surface area contributed by atoms with Gasteiger partial charge in [-0.15, -0.1) is 0 Å². The normalized spacial score (nSPS) is 9.83. The van der Waals surface area contributed by atoms with Gasteiger partial charge in [0, 0.05) is 0 Å². The highest BCUT2D eigenvalue weighted by atomic mass is 16.5. The Hall–Kier alpha value is -2.23. The summed E-state index contributed by atoms with van der Waals surface area (Å²) in [6, 6.07) is 14.6. The summed E-state index contributed by atoms with van der Waals surface area (Å²) < 4.78 is 10.3. The van der Waals surface area contributed by atoms with E-state index in [0.717, 1.165) is 5.75 Å². The van der Waals surface area contributed by atoms with E-state index in [1.807, 2.05) is 32.1 Å². The minimum Gasteiger partial charge on any atom is -0.465 e. The van der Waals surface area contributed by atoms with Gasteiger partial charge in [0.1, 0.15) is 19.3 Å². The molecular weight excluding hydrogens is 227 g/mol. The zero-order valence-corrected chi connectivity index (χ0v) is 10.3. The summed E-state index contributed by atoms with van der Waals surface area (Å²) in [7, 11) is 3.37.